The zero-order chi connectivity index (χ0) is 22.8. The molecule has 1 fully saturated rings. The molecule has 32 heavy (non-hydrogen) atoms. The summed E-state index contributed by atoms with van der Waals surface area (Å²) in [6.07, 6.45) is 3.56. The molecule has 1 saturated carbocycles. The quantitative estimate of drug-likeness (QED) is 0.512. The topological polar surface area (TPSA) is 86.7 Å². The molecule has 1 amide bonds. The summed E-state index contributed by atoms with van der Waals surface area (Å²) in [6, 6.07) is 12.8. The van der Waals surface area contributed by atoms with E-state index in [0.29, 0.717) is 40.5 Å². The fourth-order valence-corrected chi connectivity index (χ4v) is 4.98. The van der Waals surface area contributed by atoms with E-state index in [2.05, 4.69) is 19.2 Å². The van der Waals surface area contributed by atoms with Gasteiger partial charge in [0.2, 0.25) is 0 Å². The van der Waals surface area contributed by atoms with Crippen molar-refractivity contribution >= 4 is 22.6 Å². The van der Waals surface area contributed by atoms with E-state index in [9.17, 15) is 4.79 Å². The number of hydrogen-bond donors (Lipinski definition) is 2. The highest BCUT2D eigenvalue weighted by atomic mass is 16.5. The van der Waals surface area contributed by atoms with Crippen LogP contribution in [-0.4, -0.2) is 20.1 Å². The lowest BCUT2D eigenvalue weighted by Gasteiger charge is -2.38. The fraction of sp³-hybridized carbons (Fsp3) is 0.423. The van der Waals surface area contributed by atoms with Crippen LogP contribution in [0.25, 0.3) is 11.0 Å². The predicted octanol–water partition coefficient (Wildman–Crippen LogP) is 5.77. The molecular formula is C26H32N2O4. The minimum absolute atomic E-state index is 0.135. The molecule has 0 radical (unpaired) electrons. The molecule has 0 bridgehead atoms. The molecule has 4 rings (SSSR count). The monoisotopic (exact) mass is 436 g/mol. The lowest BCUT2D eigenvalue weighted by Crippen LogP contribution is -2.33. The van der Waals surface area contributed by atoms with Crippen LogP contribution in [0.2, 0.25) is 0 Å². The minimum atomic E-state index is -0.355. The lowest BCUT2D eigenvalue weighted by molar-refractivity contribution is 0.0998. The van der Waals surface area contributed by atoms with Gasteiger partial charge in [-0.1, -0.05) is 44.9 Å². The van der Waals surface area contributed by atoms with Gasteiger partial charge in [-0.05, 0) is 54.0 Å². The number of anilines is 1. The number of carbonyl (C=O) groups is 1. The van der Waals surface area contributed by atoms with Crippen molar-refractivity contribution in [1.82, 2.24) is 0 Å². The zero-order valence-electron chi connectivity index (χ0n) is 19.2. The number of nitrogens with two attached hydrogens (primary N) is 1. The van der Waals surface area contributed by atoms with Crippen molar-refractivity contribution in [3.63, 3.8) is 0 Å². The molecule has 0 saturated heterocycles. The molecule has 0 spiro atoms. The molecule has 170 valence electrons. The van der Waals surface area contributed by atoms with E-state index in [1.807, 2.05) is 24.3 Å². The van der Waals surface area contributed by atoms with Crippen LogP contribution in [0.3, 0.4) is 0 Å². The van der Waals surface area contributed by atoms with Crippen LogP contribution >= 0.6 is 0 Å². The number of hydrogen-bond acceptors (Lipinski definition) is 5. The SMILES string of the molecule is COc1ccccc1NC(=O)c1cc2c(C(N)C3CCCC(C)C3C)ccc(OC)c2o1. The van der Waals surface area contributed by atoms with Crippen molar-refractivity contribution in [2.45, 2.75) is 39.2 Å². The van der Waals surface area contributed by atoms with Crippen molar-refractivity contribution in [3.05, 3.63) is 53.8 Å². The highest BCUT2D eigenvalue weighted by Crippen LogP contribution is 2.43. The standard InChI is InChI=1S/C26H32N2O4/c1-15-8-7-9-17(16(15)2)24(27)18-12-13-22(31-4)25-19(18)14-23(32-25)26(29)28-20-10-5-6-11-21(20)30-3/h5-6,10-17,24H,7-9,27H2,1-4H3,(H,28,29). The van der Waals surface area contributed by atoms with Crippen LogP contribution in [0, 0.1) is 17.8 Å². The normalized spacial score (nSPS) is 21.8. The fourth-order valence-electron chi connectivity index (χ4n) is 4.98. The second-order valence-electron chi connectivity index (χ2n) is 8.82. The molecule has 1 aliphatic rings. The maximum Gasteiger partial charge on any atom is 0.291 e. The van der Waals surface area contributed by atoms with Crippen LogP contribution < -0.4 is 20.5 Å². The summed E-state index contributed by atoms with van der Waals surface area (Å²) in [5.74, 6) is 2.59. The van der Waals surface area contributed by atoms with E-state index >= 15 is 0 Å². The molecule has 1 aliphatic carbocycles. The number of furan rings is 1. The third-order valence-electron chi connectivity index (χ3n) is 7.07. The maximum absolute atomic E-state index is 13.0. The van der Waals surface area contributed by atoms with Gasteiger partial charge in [0, 0.05) is 11.4 Å². The number of fused-ring (bicyclic) bond motifs is 1. The van der Waals surface area contributed by atoms with Gasteiger partial charge in [0.15, 0.2) is 17.1 Å². The van der Waals surface area contributed by atoms with Crippen LogP contribution in [0.15, 0.2) is 46.9 Å². The molecule has 6 nitrogen and oxygen atoms in total. The predicted molar refractivity (Wildman–Crippen MR) is 126 cm³/mol. The zero-order valence-corrected chi connectivity index (χ0v) is 19.2. The second kappa shape index (κ2) is 9.25. The third kappa shape index (κ3) is 4.07. The summed E-state index contributed by atoms with van der Waals surface area (Å²) < 4.78 is 16.8. The lowest BCUT2D eigenvalue weighted by atomic mass is 9.69. The van der Waals surface area contributed by atoms with Crippen LogP contribution in [-0.2, 0) is 0 Å². The number of ether oxygens (including phenoxy) is 2. The highest BCUT2D eigenvalue weighted by Gasteiger charge is 2.33. The van der Waals surface area contributed by atoms with Gasteiger partial charge >= 0.3 is 0 Å². The summed E-state index contributed by atoms with van der Waals surface area (Å²) in [6.45, 7) is 4.61. The Balaban J connectivity index is 1.70. The van der Waals surface area contributed by atoms with Crippen molar-refractivity contribution in [2.75, 3.05) is 19.5 Å². The third-order valence-corrected chi connectivity index (χ3v) is 7.07. The Kier molecular flexibility index (Phi) is 6.42. The number of benzene rings is 2. The Hall–Kier alpha value is -2.99. The van der Waals surface area contributed by atoms with Gasteiger partial charge < -0.3 is 24.9 Å². The molecule has 2 aromatic carbocycles. The van der Waals surface area contributed by atoms with Gasteiger partial charge in [-0.3, -0.25) is 4.79 Å². The Morgan fingerprint density at radius 2 is 1.84 bits per heavy atom. The van der Waals surface area contributed by atoms with Gasteiger partial charge in [-0.25, -0.2) is 0 Å². The first-order chi connectivity index (χ1) is 15.4. The van der Waals surface area contributed by atoms with Crippen LogP contribution in [0.5, 0.6) is 11.5 Å². The first kappa shape index (κ1) is 22.2. The van der Waals surface area contributed by atoms with E-state index < -0.39 is 0 Å². The molecular weight excluding hydrogens is 404 g/mol. The number of methoxy groups -OCH3 is 2. The molecule has 4 unspecified atom stereocenters. The minimum Gasteiger partial charge on any atom is -0.495 e. The molecule has 3 aromatic rings. The van der Waals surface area contributed by atoms with Gasteiger partial charge in [-0.15, -0.1) is 0 Å². The summed E-state index contributed by atoms with van der Waals surface area (Å²) in [7, 11) is 3.16. The highest BCUT2D eigenvalue weighted by molar-refractivity contribution is 6.06. The first-order valence-corrected chi connectivity index (χ1v) is 11.2. The number of para-hydroxylation sites is 2. The van der Waals surface area contributed by atoms with Crippen molar-refractivity contribution in [1.29, 1.82) is 0 Å². The Bertz CT molecular complexity index is 1110. The second-order valence-corrected chi connectivity index (χ2v) is 8.82. The summed E-state index contributed by atoms with van der Waals surface area (Å²) in [5.41, 5.74) is 8.94. The van der Waals surface area contributed by atoms with E-state index in [1.165, 1.54) is 12.8 Å². The Labute approximate surface area is 189 Å². The number of rotatable bonds is 6. The first-order valence-electron chi connectivity index (χ1n) is 11.2. The molecule has 1 heterocycles. The smallest absolute Gasteiger partial charge is 0.291 e. The molecule has 4 atom stereocenters. The molecule has 0 aliphatic heterocycles. The van der Waals surface area contributed by atoms with Crippen LogP contribution in [0.4, 0.5) is 5.69 Å². The molecule has 6 heteroatoms. The van der Waals surface area contributed by atoms with Crippen molar-refractivity contribution < 1.29 is 18.7 Å². The summed E-state index contributed by atoms with van der Waals surface area (Å²) >= 11 is 0. The van der Waals surface area contributed by atoms with Crippen LogP contribution in [0.1, 0.15) is 55.3 Å². The largest absolute Gasteiger partial charge is 0.495 e. The van der Waals surface area contributed by atoms with E-state index in [4.69, 9.17) is 19.6 Å². The number of nitrogens with one attached hydrogen (secondary N) is 1. The van der Waals surface area contributed by atoms with Gasteiger partial charge in [-0.2, -0.15) is 0 Å². The molecule has 1 aromatic heterocycles. The van der Waals surface area contributed by atoms with E-state index in [1.54, 1.807) is 32.4 Å². The van der Waals surface area contributed by atoms with Gasteiger partial charge in [0.25, 0.3) is 5.91 Å². The Morgan fingerprint density at radius 3 is 2.59 bits per heavy atom. The van der Waals surface area contributed by atoms with Crippen molar-refractivity contribution in [2.24, 2.45) is 23.5 Å². The number of carbonyl (C=O) groups excluding carboxylic acids is 1. The van der Waals surface area contributed by atoms with Gasteiger partial charge in [0.05, 0.1) is 19.9 Å². The average molecular weight is 437 g/mol. The summed E-state index contributed by atoms with van der Waals surface area (Å²) in [4.78, 5) is 13.0. The number of amides is 1. The maximum atomic E-state index is 13.0. The average Bonchev–Trinajstić information content (AvgIpc) is 3.26. The molecule has 3 N–H and O–H groups in total. The van der Waals surface area contributed by atoms with Crippen molar-refractivity contribution in [3.8, 4) is 11.5 Å². The Morgan fingerprint density at radius 1 is 1.09 bits per heavy atom. The van der Waals surface area contributed by atoms with Gasteiger partial charge in [0.1, 0.15) is 5.75 Å². The van der Waals surface area contributed by atoms with E-state index in [0.717, 1.165) is 17.4 Å². The van der Waals surface area contributed by atoms with E-state index in [-0.39, 0.29) is 17.7 Å². The summed E-state index contributed by atoms with van der Waals surface area (Å²) in [5, 5.41) is 3.70.